The molecule has 0 unspecified atom stereocenters. The molecular weight excluding hydrogens is 364 g/mol. The zero-order valence-electron chi connectivity index (χ0n) is 16.4. The molecule has 1 aromatic rings. The molecule has 27 heavy (non-hydrogen) atoms. The van der Waals surface area contributed by atoms with Crippen LogP contribution in [0.4, 0.5) is 5.69 Å². The number of benzene rings is 1. The third-order valence-electron chi connectivity index (χ3n) is 3.94. The van der Waals surface area contributed by atoms with Crippen molar-refractivity contribution in [3.8, 4) is 0 Å². The average molecular weight is 393 g/mol. The molecule has 2 rings (SSSR count). The number of ether oxygens (including phenoxy) is 1. The Labute approximate surface area is 165 Å². The Balaban J connectivity index is 1.86. The molecule has 2 amide bonds. The van der Waals surface area contributed by atoms with Gasteiger partial charge in [-0.1, -0.05) is 39.8 Å². The van der Waals surface area contributed by atoms with Gasteiger partial charge in [0.15, 0.2) is 6.61 Å². The van der Waals surface area contributed by atoms with E-state index in [0.717, 1.165) is 10.6 Å². The van der Waals surface area contributed by atoms with E-state index in [4.69, 9.17) is 4.74 Å². The van der Waals surface area contributed by atoms with Crippen LogP contribution in [0.15, 0.2) is 29.2 Å². The Morgan fingerprint density at radius 1 is 1.15 bits per heavy atom. The number of carbonyl (C=O) groups excluding carboxylic acids is 3. The van der Waals surface area contributed by atoms with Gasteiger partial charge < -0.3 is 15.0 Å². The lowest BCUT2D eigenvalue weighted by molar-refractivity contribution is -0.152. The van der Waals surface area contributed by atoms with Crippen molar-refractivity contribution in [2.24, 2.45) is 11.8 Å². The molecule has 1 aromatic carbocycles. The fourth-order valence-electron chi connectivity index (χ4n) is 2.83. The molecule has 0 aliphatic carbocycles. The van der Waals surface area contributed by atoms with E-state index in [0.29, 0.717) is 24.9 Å². The lowest BCUT2D eigenvalue weighted by Crippen LogP contribution is -2.40. The quantitative estimate of drug-likeness (QED) is 0.688. The molecule has 148 valence electrons. The van der Waals surface area contributed by atoms with Crippen molar-refractivity contribution >= 4 is 35.2 Å². The lowest BCUT2D eigenvalue weighted by Gasteiger charge is -2.26. The highest BCUT2D eigenvalue weighted by atomic mass is 32.2. The first-order valence-corrected chi connectivity index (χ1v) is 10.1. The van der Waals surface area contributed by atoms with Gasteiger partial charge in [-0.25, -0.2) is 0 Å². The lowest BCUT2D eigenvalue weighted by atomic mass is 10.1. The normalized spacial score (nSPS) is 16.1. The number of hydrogen-bond acceptors (Lipinski definition) is 5. The van der Waals surface area contributed by atoms with Crippen LogP contribution in [0.1, 0.15) is 34.1 Å². The predicted molar refractivity (Wildman–Crippen MR) is 107 cm³/mol. The van der Waals surface area contributed by atoms with Crippen LogP contribution in [0.3, 0.4) is 0 Å². The predicted octanol–water partition coefficient (Wildman–Crippen LogP) is 3.17. The van der Waals surface area contributed by atoms with Gasteiger partial charge in [0.1, 0.15) is 0 Å². The summed E-state index contributed by atoms with van der Waals surface area (Å²) in [4.78, 5) is 39.4. The summed E-state index contributed by atoms with van der Waals surface area (Å²) in [6, 6.07) is 7.46. The van der Waals surface area contributed by atoms with Crippen LogP contribution in [-0.2, 0) is 19.1 Å². The molecule has 0 saturated heterocycles. The summed E-state index contributed by atoms with van der Waals surface area (Å²) in [6.45, 7) is 9.16. The molecule has 6 nitrogen and oxygen atoms in total. The maximum Gasteiger partial charge on any atom is 0.307 e. The Bertz CT molecular complexity index is 680. The van der Waals surface area contributed by atoms with Gasteiger partial charge in [-0.05, 0) is 24.0 Å². The molecular formula is C20H28N2O4S. The Kier molecular flexibility index (Phi) is 7.71. The summed E-state index contributed by atoms with van der Waals surface area (Å²) in [7, 11) is 0. The maximum atomic E-state index is 12.4. The summed E-state index contributed by atoms with van der Waals surface area (Å²) in [5.41, 5.74) is 0.755. The summed E-state index contributed by atoms with van der Waals surface area (Å²) in [5, 5.41) is 2.25. The van der Waals surface area contributed by atoms with E-state index in [9.17, 15) is 14.4 Å². The standard InChI is InChI=1S/C20H28N2O4S/c1-13(2)10-22(11-14(3)4)18(23)12-26-19(24)9-17-20(25)21-15-7-5-6-8-16(15)27-17/h5-8,13-14,17H,9-12H2,1-4H3,(H,21,25)/t17-/m1/s1. The van der Waals surface area contributed by atoms with Crippen molar-refractivity contribution in [3.05, 3.63) is 24.3 Å². The van der Waals surface area contributed by atoms with Crippen molar-refractivity contribution in [1.29, 1.82) is 0 Å². The van der Waals surface area contributed by atoms with E-state index in [1.54, 1.807) is 4.90 Å². The van der Waals surface area contributed by atoms with E-state index < -0.39 is 11.2 Å². The van der Waals surface area contributed by atoms with Crippen LogP contribution in [-0.4, -0.2) is 47.6 Å². The number of hydrogen-bond donors (Lipinski definition) is 1. The van der Waals surface area contributed by atoms with Gasteiger partial charge in [0.05, 0.1) is 17.4 Å². The third kappa shape index (κ3) is 6.57. The first kappa shape index (κ1) is 21.3. The highest BCUT2D eigenvalue weighted by molar-refractivity contribution is 8.01. The van der Waals surface area contributed by atoms with Gasteiger partial charge in [-0.2, -0.15) is 0 Å². The van der Waals surface area contributed by atoms with Gasteiger partial charge in [-0.15, -0.1) is 11.8 Å². The van der Waals surface area contributed by atoms with Crippen molar-refractivity contribution in [2.75, 3.05) is 25.0 Å². The van der Waals surface area contributed by atoms with Crippen molar-refractivity contribution in [3.63, 3.8) is 0 Å². The number of thioether (sulfide) groups is 1. The van der Waals surface area contributed by atoms with Gasteiger partial charge in [0, 0.05) is 18.0 Å². The molecule has 1 atom stereocenters. The molecule has 0 fully saturated rings. The topological polar surface area (TPSA) is 75.7 Å². The Morgan fingerprint density at radius 3 is 2.41 bits per heavy atom. The summed E-state index contributed by atoms with van der Waals surface area (Å²) in [6.07, 6.45) is -0.0630. The van der Waals surface area contributed by atoms with Crippen LogP contribution >= 0.6 is 11.8 Å². The van der Waals surface area contributed by atoms with Gasteiger partial charge in [0.25, 0.3) is 5.91 Å². The number of para-hydroxylation sites is 1. The maximum absolute atomic E-state index is 12.4. The summed E-state index contributed by atoms with van der Waals surface area (Å²) < 4.78 is 5.16. The minimum absolute atomic E-state index is 0.0630. The Hall–Kier alpha value is -2.02. The molecule has 1 aliphatic rings. The van der Waals surface area contributed by atoms with Gasteiger partial charge in [-0.3, -0.25) is 14.4 Å². The Morgan fingerprint density at radius 2 is 1.78 bits per heavy atom. The second-order valence-corrected chi connectivity index (χ2v) is 8.79. The molecule has 0 bridgehead atoms. The zero-order chi connectivity index (χ0) is 20.0. The van der Waals surface area contributed by atoms with Crippen LogP contribution in [0.25, 0.3) is 0 Å². The largest absolute Gasteiger partial charge is 0.456 e. The average Bonchev–Trinajstić information content (AvgIpc) is 2.59. The molecule has 0 spiro atoms. The van der Waals surface area contributed by atoms with Gasteiger partial charge >= 0.3 is 5.97 Å². The molecule has 0 saturated carbocycles. The van der Waals surface area contributed by atoms with Crippen molar-refractivity contribution in [2.45, 2.75) is 44.3 Å². The number of rotatable bonds is 8. The third-order valence-corrected chi connectivity index (χ3v) is 5.21. The molecule has 0 aromatic heterocycles. The number of carbonyl (C=O) groups is 3. The summed E-state index contributed by atoms with van der Waals surface area (Å²) >= 11 is 1.34. The smallest absolute Gasteiger partial charge is 0.307 e. The second-order valence-electron chi connectivity index (χ2n) is 7.54. The van der Waals surface area contributed by atoms with E-state index in [-0.39, 0.29) is 24.8 Å². The monoisotopic (exact) mass is 392 g/mol. The van der Waals surface area contributed by atoms with Crippen molar-refractivity contribution in [1.82, 2.24) is 4.90 Å². The van der Waals surface area contributed by atoms with Gasteiger partial charge in [0.2, 0.25) is 5.91 Å². The number of nitrogens with zero attached hydrogens (tertiary/aromatic N) is 1. The minimum Gasteiger partial charge on any atom is -0.456 e. The molecule has 1 aliphatic heterocycles. The molecule has 7 heteroatoms. The van der Waals surface area contributed by atoms with E-state index in [1.165, 1.54) is 11.8 Å². The fraction of sp³-hybridized carbons (Fsp3) is 0.550. The highest BCUT2D eigenvalue weighted by Gasteiger charge is 2.29. The number of anilines is 1. The zero-order valence-corrected chi connectivity index (χ0v) is 17.2. The van der Waals surface area contributed by atoms with Crippen LogP contribution < -0.4 is 5.32 Å². The molecule has 1 N–H and O–H groups in total. The first-order chi connectivity index (χ1) is 12.8. The number of esters is 1. The van der Waals surface area contributed by atoms with E-state index in [2.05, 4.69) is 5.32 Å². The van der Waals surface area contributed by atoms with Crippen LogP contribution in [0, 0.1) is 11.8 Å². The second kappa shape index (κ2) is 9.78. The minimum atomic E-state index is -0.551. The molecule has 0 radical (unpaired) electrons. The molecule has 1 heterocycles. The van der Waals surface area contributed by atoms with Crippen molar-refractivity contribution < 1.29 is 19.1 Å². The van der Waals surface area contributed by atoms with Crippen LogP contribution in [0.5, 0.6) is 0 Å². The summed E-state index contributed by atoms with van der Waals surface area (Å²) in [5.74, 6) is -0.277. The van der Waals surface area contributed by atoms with Crippen LogP contribution in [0.2, 0.25) is 0 Å². The van der Waals surface area contributed by atoms with E-state index >= 15 is 0 Å². The van der Waals surface area contributed by atoms with E-state index in [1.807, 2.05) is 52.0 Å². The number of amides is 2. The highest BCUT2D eigenvalue weighted by Crippen LogP contribution is 2.36. The fourth-order valence-corrected chi connectivity index (χ4v) is 3.93. The first-order valence-electron chi connectivity index (χ1n) is 9.26. The SMILES string of the molecule is CC(C)CN(CC(C)C)C(=O)COC(=O)C[C@H]1Sc2ccccc2NC1=O. The number of fused-ring (bicyclic) bond motifs is 1. The number of nitrogens with one attached hydrogen (secondary N) is 1.